The van der Waals surface area contributed by atoms with Crippen molar-refractivity contribution in [1.82, 2.24) is 28.0 Å². The van der Waals surface area contributed by atoms with Gasteiger partial charge in [0.15, 0.2) is 10.7 Å². The molecule has 1 fully saturated rings. The van der Waals surface area contributed by atoms with Crippen LogP contribution in [0, 0.1) is 24.0 Å². The zero-order valence-corrected chi connectivity index (χ0v) is 35.9. The first-order valence-corrected chi connectivity index (χ1v) is 22.6. The zero-order valence-electron chi connectivity index (χ0n) is 33.5. The van der Waals surface area contributed by atoms with Crippen LogP contribution < -0.4 is 9.80 Å². The van der Waals surface area contributed by atoms with Gasteiger partial charge in [0, 0.05) is 81.0 Å². The molecule has 2 aliphatic heterocycles. The third kappa shape index (κ3) is 6.92. The summed E-state index contributed by atoms with van der Waals surface area (Å²) in [6, 6.07) is 17.0. The maximum atomic E-state index is 14.0. The molecule has 3 aromatic carbocycles. The molecule has 6 aromatic rings. The van der Waals surface area contributed by atoms with Gasteiger partial charge in [0.05, 0.1) is 26.7 Å². The van der Waals surface area contributed by atoms with Crippen molar-refractivity contribution in [2.24, 2.45) is 7.05 Å². The number of hydrogen-bond donors (Lipinski definition) is 0. The van der Waals surface area contributed by atoms with E-state index in [1.807, 2.05) is 45.7 Å². The van der Waals surface area contributed by atoms with Crippen LogP contribution in [-0.2, 0) is 40.1 Å². The molecule has 0 saturated carbocycles. The fourth-order valence-corrected chi connectivity index (χ4v) is 12.0. The van der Waals surface area contributed by atoms with Gasteiger partial charge in [0.2, 0.25) is 10.0 Å². The van der Waals surface area contributed by atoms with Crippen molar-refractivity contribution in [3.8, 4) is 11.4 Å². The van der Waals surface area contributed by atoms with E-state index in [1.54, 1.807) is 54.2 Å². The largest absolute Gasteiger partial charge is 0.353 e. The molecular formula is C41H44ClN9O6S2. The van der Waals surface area contributed by atoms with Crippen molar-refractivity contribution in [3.63, 3.8) is 0 Å². The summed E-state index contributed by atoms with van der Waals surface area (Å²) in [5.74, 6) is 1.92. The Labute approximate surface area is 348 Å². The first kappa shape index (κ1) is 40.4. The molecule has 15 nitrogen and oxygen atoms in total. The number of rotatable bonds is 9. The molecule has 0 radical (unpaired) electrons. The third-order valence-corrected chi connectivity index (χ3v) is 15.3. The summed E-state index contributed by atoms with van der Waals surface area (Å²) in [6.45, 7) is 11.2. The van der Waals surface area contributed by atoms with Crippen LogP contribution in [-0.4, -0.2) is 82.0 Å². The Bertz CT molecular complexity index is 2880. The van der Waals surface area contributed by atoms with E-state index < -0.39 is 36.7 Å². The molecule has 0 spiro atoms. The van der Waals surface area contributed by atoms with E-state index in [2.05, 4.69) is 4.90 Å². The minimum atomic E-state index is -4.23. The number of nitro groups is 1. The Morgan fingerprint density at radius 1 is 0.898 bits per heavy atom. The molecule has 0 N–H and O–H groups in total. The van der Waals surface area contributed by atoms with Gasteiger partial charge in [-0.25, -0.2) is 30.8 Å². The Hall–Kier alpha value is -5.36. The van der Waals surface area contributed by atoms with E-state index >= 15 is 0 Å². The van der Waals surface area contributed by atoms with Crippen LogP contribution in [0.15, 0.2) is 82.7 Å². The fraction of sp³-hybridized carbons (Fsp3) is 0.341. The van der Waals surface area contributed by atoms with Crippen molar-refractivity contribution < 1.29 is 21.8 Å². The summed E-state index contributed by atoms with van der Waals surface area (Å²) >= 11 is 6.97. The van der Waals surface area contributed by atoms with Crippen LogP contribution in [0.1, 0.15) is 54.8 Å². The number of aryl methyl sites for hydroxylation is 3. The molecule has 2 aliphatic rings. The summed E-state index contributed by atoms with van der Waals surface area (Å²) in [6.07, 6.45) is 2.16. The third-order valence-electron chi connectivity index (χ3n) is 11.2. The smallest absolute Gasteiger partial charge is 0.289 e. The topological polar surface area (TPSA) is 170 Å². The molecule has 8 rings (SSSR count). The van der Waals surface area contributed by atoms with E-state index in [9.17, 15) is 26.9 Å². The minimum Gasteiger partial charge on any atom is -0.353 e. The first-order valence-electron chi connectivity index (χ1n) is 19.3. The van der Waals surface area contributed by atoms with Gasteiger partial charge in [0.1, 0.15) is 16.7 Å². The van der Waals surface area contributed by atoms with Crippen LogP contribution in [0.5, 0.6) is 0 Å². The SMILES string of the molecule is Cc1ccc(S(=O)(=O)n2cc(C)c3c(-c4nc5c(c(N6CCN(S(=O)(=O)c7ccccc7[N+](=O)[O-])[C@H](C)C6)n4)CN(c4c(Cl)c(C(C)C)nn4C)CC5)cccc32)cc1. The molecule has 0 bridgehead atoms. The van der Waals surface area contributed by atoms with Gasteiger partial charge in [-0.2, -0.15) is 9.40 Å². The number of fused-ring (bicyclic) bond motifs is 2. The zero-order chi connectivity index (χ0) is 42.1. The van der Waals surface area contributed by atoms with Crippen molar-refractivity contribution in [1.29, 1.82) is 0 Å². The van der Waals surface area contributed by atoms with Gasteiger partial charge in [-0.05, 0) is 56.5 Å². The maximum Gasteiger partial charge on any atom is 0.289 e. The van der Waals surface area contributed by atoms with Gasteiger partial charge < -0.3 is 9.80 Å². The highest BCUT2D eigenvalue weighted by Crippen LogP contribution is 2.40. The van der Waals surface area contributed by atoms with E-state index in [1.165, 1.54) is 32.5 Å². The van der Waals surface area contributed by atoms with E-state index in [4.69, 9.17) is 26.7 Å². The summed E-state index contributed by atoms with van der Waals surface area (Å²) in [4.78, 5) is 25.6. The Kier molecular flexibility index (Phi) is 10.3. The van der Waals surface area contributed by atoms with Gasteiger partial charge in [-0.1, -0.05) is 67.4 Å². The number of piperazine rings is 1. The Balaban J connectivity index is 1.23. The quantitative estimate of drug-likeness (QED) is 0.110. The predicted octanol–water partition coefficient (Wildman–Crippen LogP) is 6.83. The highest BCUT2D eigenvalue weighted by molar-refractivity contribution is 7.90. The number of benzene rings is 3. The lowest BCUT2D eigenvalue weighted by Gasteiger charge is -2.41. The number of nitrogens with zero attached hydrogens (tertiary/aromatic N) is 9. The second-order valence-corrected chi connectivity index (χ2v) is 19.6. The number of halogens is 1. The van der Waals surface area contributed by atoms with E-state index in [0.29, 0.717) is 52.6 Å². The number of sulfonamides is 1. The number of anilines is 2. The molecule has 59 heavy (non-hydrogen) atoms. The van der Waals surface area contributed by atoms with Crippen LogP contribution in [0.2, 0.25) is 5.02 Å². The highest BCUT2D eigenvalue weighted by Gasteiger charge is 2.39. The summed E-state index contributed by atoms with van der Waals surface area (Å²) < 4.78 is 60.4. The fourth-order valence-electron chi connectivity index (χ4n) is 8.28. The summed E-state index contributed by atoms with van der Waals surface area (Å²) in [5, 5.41) is 17.8. The molecule has 18 heteroatoms. The number of para-hydroxylation sites is 1. The molecule has 0 unspecified atom stereocenters. The molecular weight excluding hydrogens is 814 g/mol. The van der Waals surface area contributed by atoms with E-state index in [-0.39, 0.29) is 35.3 Å². The lowest BCUT2D eigenvalue weighted by Crippen LogP contribution is -2.54. The highest BCUT2D eigenvalue weighted by atomic mass is 35.5. The van der Waals surface area contributed by atoms with Crippen molar-refractivity contribution in [2.45, 2.75) is 69.3 Å². The van der Waals surface area contributed by atoms with Crippen LogP contribution in [0.25, 0.3) is 22.3 Å². The van der Waals surface area contributed by atoms with Crippen molar-refractivity contribution in [2.75, 3.05) is 36.0 Å². The van der Waals surface area contributed by atoms with Crippen LogP contribution >= 0.6 is 11.6 Å². The lowest BCUT2D eigenvalue weighted by molar-refractivity contribution is -0.387. The number of nitro benzene ring substituents is 1. The monoisotopic (exact) mass is 857 g/mol. The second kappa shape index (κ2) is 15.0. The Morgan fingerprint density at radius 3 is 2.31 bits per heavy atom. The lowest BCUT2D eigenvalue weighted by atomic mass is 10.0. The van der Waals surface area contributed by atoms with Gasteiger partial charge in [-0.15, -0.1) is 0 Å². The van der Waals surface area contributed by atoms with Crippen molar-refractivity contribution in [3.05, 3.63) is 116 Å². The van der Waals surface area contributed by atoms with Crippen LogP contribution in [0.3, 0.4) is 0 Å². The molecule has 0 amide bonds. The molecule has 308 valence electrons. The average Bonchev–Trinajstić information content (AvgIpc) is 3.72. The summed E-state index contributed by atoms with van der Waals surface area (Å²) in [7, 11) is -6.30. The summed E-state index contributed by atoms with van der Waals surface area (Å²) in [5.41, 5.74) is 4.82. The normalized spacial score (nSPS) is 16.6. The molecule has 0 aliphatic carbocycles. The standard InChI is InChI=1S/C41H44ClN9O6S2/c1-25(2)38-37(42)41(46(6)45-38)48-19-18-32-31(24-48)40(47-20-21-49(28(5)23-47)59(56,57)35-13-8-7-11-33(35)51(52)53)44-39(43-32)30-10-9-12-34-36(30)27(4)22-50(34)58(54,55)29-16-14-26(3)15-17-29/h7-17,22,25,28H,18-21,23-24H2,1-6H3/t28-/m1/s1. The Morgan fingerprint density at radius 2 is 1.63 bits per heavy atom. The second-order valence-electron chi connectivity index (χ2n) is 15.5. The predicted molar refractivity (Wildman–Crippen MR) is 227 cm³/mol. The van der Waals surface area contributed by atoms with Gasteiger partial charge in [0.25, 0.3) is 15.7 Å². The van der Waals surface area contributed by atoms with Gasteiger partial charge >= 0.3 is 0 Å². The average molecular weight is 858 g/mol. The number of hydrogen-bond acceptors (Lipinski definition) is 11. The van der Waals surface area contributed by atoms with Gasteiger partial charge in [-0.3, -0.25) is 14.8 Å². The molecule has 5 heterocycles. The van der Waals surface area contributed by atoms with Crippen molar-refractivity contribution >= 4 is 59.9 Å². The minimum absolute atomic E-state index is 0.0487. The number of aromatic nitrogens is 5. The molecule has 3 aromatic heterocycles. The maximum absolute atomic E-state index is 14.0. The molecule has 1 saturated heterocycles. The molecule has 1 atom stereocenters. The van der Waals surface area contributed by atoms with Crippen LogP contribution in [0.4, 0.5) is 17.3 Å². The van der Waals surface area contributed by atoms with E-state index in [0.717, 1.165) is 33.9 Å². The first-order chi connectivity index (χ1) is 28.0.